The quantitative estimate of drug-likeness (QED) is 0.436. The Bertz CT molecular complexity index is 880. The summed E-state index contributed by atoms with van der Waals surface area (Å²) in [6.07, 6.45) is 2.42. The topological polar surface area (TPSA) is 67.9 Å². The fourth-order valence-electron chi connectivity index (χ4n) is 3.66. The van der Waals surface area contributed by atoms with E-state index in [1.165, 1.54) is 0 Å². The summed E-state index contributed by atoms with van der Waals surface area (Å²) in [7, 11) is 1.62. The Morgan fingerprint density at radius 2 is 1.73 bits per heavy atom. The number of rotatable bonds is 13. The summed E-state index contributed by atoms with van der Waals surface area (Å²) in [5.74, 6) is 1.37. The van der Waals surface area contributed by atoms with Gasteiger partial charge < -0.3 is 19.7 Å². The van der Waals surface area contributed by atoms with E-state index < -0.39 is 6.04 Å². The van der Waals surface area contributed by atoms with E-state index in [9.17, 15) is 9.59 Å². The van der Waals surface area contributed by atoms with E-state index in [0.717, 1.165) is 29.7 Å². The minimum atomic E-state index is -0.569. The summed E-state index contributed by atoms with van der Waals surface area (Å²) in [5, 5.41) is 2.98. The van der Waals surface area contributed by atoms with Crippen molar-refractivity contribution in [3.63, 3.8) is 0 Å². The highest BCUT2D eigenvalue weighted by Crippen LogP contribution is 2.26. The van der Waals surface area contributed by atoms with E-state index in [1.54, 1.807) is 12.0 Å². The molecule has 2 aromatic carbocycles. The number of hydrogen-bond donors (Lipinski definition) is 1. The van der Waals surface area contributed by atoms with Crippen molar-refractivity contribution in [1.82, 2.24) is 10.2 Å². The molecule has 2 rings (SSSR count). The predicted molar refractivity (Wildman–Crippen MR) is 132 cm³/mol. The Morgan fingerprint density at radius 1 is 1.03 bits per heavy atom. The standard InChI is InChI=1S/C27H38N2O4/c1-6-8-17-28-27(31)24(7-2)29(18-21-13-15-22(32-5)16-14-21)26(30)19-33-25-12-10-9-11-23(25)20(3)4/h9-16,20,24H,6-8,17-19H2,1-5H3,(H,28,31)/t24-/m0/s1. The molecule has 2 aromatic rings. The monoisotopic (exact) mass is 454 g/mol. The molecule has 0 aliphatic heterocycles. The highest BCUT2D eigenvalue weighted by molar-refractivity contribution is 5.88. The Hall–Kier alpha value is -3.02. The zero-order valence-corrected chi connectivity index (χ0v) is 20.6. The van der Waals surface area contributed by atoms with E-state index in [-0.39, 0.29) is 24.3 Å². The maximum Gasteiger partial charge on any atom is 0.261 e. The van der Waals surface area contributed by atoms with Crippen LogP contribution in [-0.2, 0) is 16.1 Å². The molecule has 0 aromatic heterocycles. The van der Waals surface area contributed by atoms with Crippen molar-refractivity contribution >= 4 is 11.8 Å². The third kappa shape index (κ3) is 7.81. The molecule has 6 heteroatoms. The molecule has 0 heterocycles. The van der Waals surface area contributed by atoms with Crippen LogP contribution >= 0.6 is 0 Å². The van der Waals surface area contributed by atoms with Crippen molar-refractivity contribution in [3.8, 4) is 11.5 Å². The van der Waals surface area contributed by atoms with Crippen LogP contribution in [0.25, 0.3) is 0 Å². The first-order valence-corrected chi connectivity index (χ1v) is 11.8. The van der Waals surface area contributed by atoms with Gasteiger partial charge in [0, 0.05) is 13.1 Å². The number of unbranched alkanes of at least 4 members (excludes halogenated alkanes) is 1. The van der Waals surface area contributed by atoms with Gasteiger partial charge in [-0.3, -0.25) is 9.59 Å². The molecule has 0 saturated heterocycles. The van der Waals surface area contributed by atoms with E-state index in [4.69, 9.17) is 9.47 Å². The molecule has 2 amide bonds. The van der Waals surface area contributed by atoms with Gasteiger partial charge in [0.2, 0.25) is 5.91 Å². The summed E-state index contributed by atoms with van der Waals surface area (Å²) in [6.45, 7) is 8.98. The third-order valence-corrected chi connectivity index (χ3v) is 5.62. The van der Waals surface area contributed by atoms with Crippen molar-refractivity contribution in [2.75, 3.05) is 20.3 Å². The van der Waals surface area contributed by atoms with Crippen LogP contribution in [0, 0.1) is 0 Å². The van der Waals surface area contributed by atoms with Gasteiger partial charge in [0.15, 0.2) is 6.61 Å². The number of benzene rings is 2. The number of carbonyl (C=O) groups excluding carboxylic acids is 2. The normalized spacial score (nSPS) is 11.7. The molecule has 180 valence electrons. The van der Waals surface area contributed by atoms with Crippen LogP contribution in [0.5, 0.6) is 11.5 Å². The Morgan fingerprint density at radius 3 is 2.33 bits per heavy atom. The molecule has 0 aliphatic carbocycles. The summed E-state index contributed by atoms with van der Waals surface area (Å²) in [4.78, 5) is 27.9. The van der Waals surface area contributed by atoms with Crippen LogP contribution in [0.3, 0.4) is 0 Å². The molecule has 6 nitrogen and oxygen atoms in total. The second-order valence-corrected chi connectivity index (χ2v) is 8.42. The van der Waals surface area contributed by atoms with Crippen molar-refractivity contribution in [2.24, 2.45) is 0 Å². The zero-order valence-electron chi connectivity index (χ0n) is 20.6. The smallest absolute Gasteiger partial charge is 0.261 e. The lowest BCUT2D eigenvalue weighted by Crippen LogP contribution is -2.50. The van der Waals surface area contributed by atoms with Gasteiger partial charge in [-0.1, -0.05) is 64.4 Å². The SMILES string of the molecule is CCCCNC(=O)[C@H](CC)N(Cc1ccc(OC)cc1)C(=O)COc1ccccc1C(C)C. The predicted octanol–water partition coefficient (Wildman–Crippen LogP) is 4.92. The van der Waals surface area contributed by atoms with Gasteiger partial charge in [-0.2, -0.15) is 0 Å². The average Bonchev–Trinajstić information content (AvgIpc) is 2.83. The molecule has 33 heavy (non-hydrogen) atoms. The average molecular weight is 455 g/mol. The Balaban J connectivity index is 2.22. The van der Waals surface area contributed by atoms with Gasteiger partial charge in [-0.05, 0) is 48.1 Å². The molecule has 0 unspecified atom stereocenters. The van der Waals surface area contributed by atoms with Gasteiger partial charge in [0.1, 0.15) is 17.5 Å². The third-order valence-electron chi connectivity index (χ3n) is 5.62. The summed E-state index contributed by atoms with van der Waals surface area (Å²) in [5.41, 5.74) is 1.97. The minimum absolute atomic E-state index is 0.126. The van der Waals surface area contributed by atoms with E-state index in [2.05, 4.69) is 26.1 Å². The van der Waals surface area contributed by atoms with Crippen molar-refractivity contribution in [2.45, 2.75) is 65.5 Å². The molecule has 0 radical (unpaired) electrons. The maximum absolute atomic E-state index is 13.4. The number of para-hydroxylation sites is 1. The molecule has 0 aliphatic rings. The largest absolute Gasteiger partial charge is 0.497 e. The number of nitrogens with zero attached hydrogens (tertiary/aromatic N) is 1. The molecule has 0 saturated carbocycles. The molecule has 1 atom stereocenters. The van der Waals surface area contributed by atoms with Gasteiger partial charge in [0.05, 0.1) is 7.11 Å². The molecule has 1 N–H and O–H groups in total. The number of ether oxygens (including phenoxy) is 2. The van der Waals surface area contributed by atoms with Crippen LogP contribution in [0.2, 0.25) is 0 Å². The van der Waals surface area contributed by atoms with E-state index in [1.807, 2.05) is 55.5 Å². The number of amides is 2. The molecule has 0 spiro atoms. The summed E-state index contributed by atoms with van der Waals surface area (Å²) in [6, 6.07) is 14.7. The first kappa shape index (κ1) is 26.2. The highest BCUT2D eigenvalue weighted by atomic mass is 16.5. The fraction of sp³-hybridized carbons (Fsp3) is 0.481. The fourth-order valence-corrected chi connectivity index (χ4v) is 3.66. The van der Waals surface area contributed by atoms with Crippen LogP contribution < -0.4 is 14.8 Å². The second-order valence-electron chi connectivity index (χ2n) is 8.42. The number of nitrogens with one attached hydrogen (secondary N) is 1. The lowest BCUT2D eigenvalue weighted by atomic mass is 10.0. The Labute approximate surface area is 198 Å². The molecule has 0 fully saturated rings. The molecular weight excluding hydrogens is 416 g/mol. The number of carbonyl (C=O) groups is 2. The summed E-state index contributed by atoms with van der Waals surface area (Å²) >= 11 is 0. The van der Waals surface area contributed by atoms with Crippen molar-refractivity contribution < 1.29 is 19.1 Å². The maximum atomic E-state index is 13.4. The number of hydrogen-bond acceptors (Lipinski definition) is 4. The van der Waals surface area contributed by atoms with E-state index in [0.29, 0.717) is 25.3 Å². The van der Waals surface area contributed by atoms with Crippen LogP contribution in [0.4, 0.5) is 0 Å². The first-order chi connectivity index (χ1) is 15.9. The minimum Gasteiger partial charge on any atom is -0.497 e. The van der Waals surface area contributed by atoms with Crippen molar-refractivity contribution in [1.29, 1.82) is 0 Å². The summed E-state index contributed by atoms with van der Waals surface area (Å²) < 4.78 is 11.2. The van der Waals surface area contributed by atoms with Gasteiger partial charge in [-0.15, -0.1) is 0 Å². The van der Waals surface area contributed by atoms with Crippen molar-refractivity contribution in [3.05, 3.63) is 59.7 Å². The van der Waals surface area contributed by atoms with Gasteiger partial charge in [-0.25, -0.2) is 0 Å². The lowest BCUT2D eigenvalue weighted by Gasteiger charge is -2.30. The van der Waals surface area contributed by atoms with Crippen LogP contribution in [0.1, 0.15) is 64.0 Å². The Kier molecular flexibility index (Phi) is 10.7. The molecule has 0 bridgehead atoms. The zero-order chi connectivity index (χ0) is 24.2. The second kappa shape index (κ2) is 13.5. The lowest BCUT2D eigenvalue weighted by molar-refractivity contribution is -0.143. The number of methoxy groups -OCH3 is 1. The highest BCUT2D eigenvalue weighted by Gasteiger charge is 2.29. The molecular formula is C27H38N2O4. The van der Waals surface area contributed by atoms with Crippen LogP contribution in [0.15, 0.2) is 48.5 Å². The first-order valence-electron chi connectivity index (χ1n) is 11.8. The van der Waals surface area contributed by atoms with Gasteiger partial charge >= 0.3 is 0 Å². The van der Waals surface area contributed by atoms with Gasteiger partial charge in [0.25, 0.3) is 5.91 Å². The van der Waals surface area contributed by atoms with Crippen LogP contribution in [-0.4, -0.2) is 43.0 Å². The van der Waals surface area contributed by atoms with E-state index >= 15 is 0 Å².